The van der Waals surface area contributed by atoms with Crippen LogP contribution in [-0.2, 0) is 12.7 Å². The smallest absolute Gasteiger partial charge is 0.283 e. The van der Waals surface area contributed by atoms with Gasteiger partial charge in [0.2, 0.25) is 0 Å². The summed E-state index contributed by atoms with van der Waals surface area (Å²) in [6.45, 7) is 42.7. The number of hydrogen-bond donors (Lipinski definition) is 0. The van der Waals surface area contributed by atoms with Gasteiger partial charge in [0.15, 0.2) is 26.4 Å². The normalized spacial score (nSPS) is 15.5. The quantitative estimate of drug-likeness (QED) is 0.116. The Kier molecular flexibility index (Phi) is 37.3. The molecule has 0 N–H and O–H groups in total. The Morgan fingerprint density at radius 1 is 0.597 bits per heavy atom. The predicted molar refractivity (Wildman–Crippen MR) is 339 cm³/mol. The summed E-state index contributed by atoms with van der Waals surface area (Å²) < 4.78 is 18.0. The molecule has 1 saturated carbocycles. The number of anilines is 2. The summed E-state index contributed by atoms with van der Waals surface area (Å²) in [6.07, 6.45) is 5.63. The number of rotatable bonds is 21. The molecule has 67 heavy (non-hydrogen) atoms. The van der Waals surface area contributed by atoms with Gasteiger partial charge in [0.25, 0.3) is 10.0 Å². The van der Waals surface area contributed by atoms with Crippen molar-refractivity contribution in [2.75, 3.05) is 52.1 Å². The zero-order valence-electron chi connectivity index (χ0n) is 44.9. The van der Waals surface area contributed by atoms with Crippen molar-refractivity contribution in [2.24, 2.45) is 0 Å². The molecule has 0 spiro atoms. The molecule has 2 aromatic rings. The van der Waals surface area contributed by atoms with Crippen LogP contribution in [0.3, 0.4) is 0 Å². The fraction of sp³-hybridized carbons (Fsp3) is 0.736. The minimum absolute atomic E-state index is 0. The van der Waals surface area contributed by atoms with Crippen LogP contribution in [0.2, 0.25) is 127 Å². The molecule has 0 aliphatic heterocycles. The molecule has 1 aliphatic rings. The molecule has 0 saturated heterocycles. The summed E-state index contributed by atoms with van der Waals surface area (Å²) >= 11 is 0. The zero-order valence-corrected chi connectivity index (χ0v) is 53.6. The Hall–Kier alpha value is -0.645. The fourth-order valence-corrected chi connectivity index (χ4v) is 31.4. The first-order valence-electron chi connectivity index (χ1n) is 24.0. The highest BCUT2D eigenvalue weighted by Gasteiger charge is 2.39. The van der Waals surface area contributed by atoms with Gasteiger partial charge in [-0.2, -0.15) is 0 Å². The summed E-state index contributed by atoms with van der Waals surface area (Å²) in [5.74, 6) is 0. The highest BCUT2D eigenvalue weighted by atomic mass is 28.4. The van der Waals surface area contributed by atoms with Crippen LogP contribution in [0.25, 0.3) is 0 Å². The maximum absolute atomic E-state index is 7.09. The van der Waals surface area contributed by atoms with E-state index in [0.717, 1.165) is 11.6 Å². The highest BCUT2D eigenvalue weighted by Crippen LogP contribution is 2.39. The van der Waals surface area contributed by atoms with Gasteiger partial charge in [0.05, 0.1) is 24.2 Å². The average Bonchev–Trinajstić information content (AvgIpc) is 3.16. The Labute approximate surface area is 433 Å². The van der Waals surface area contributed by atoms with Gasteiger partial charge < -0.3 is 27.4 Å². The molecule has 0 heterocycles. The van der Waals surface area contributed by atoms with Crippen LogP contribution in [0.5, 0.6) is 0 Å². The second-order valence-electron chi connectivity index (χ2n) is 23.7. The summed E-state index contributed by atoms with van der Waals surface area (Å²) in [5, 5.41) is 3.15. The molecule has 3 rings (SSSR count). The van der Waals surface area contributed by atoms with Crippen LogP contribution in [0.1, 0.15) is 76.7 Å². The standard InChI is InChI=1S/C32H60N2OSi4.C12H25NSi.C4H16O2Si3.5CH4/c1-32(2,27-36(7,8)23-24-37(9,10)30-19-15-28(16-20-30)33(3)4)35-39(13,14)26-25-38(11,12)31-21-17-29(18-22-31)34(5)6;1-6-14(4,5)12-9-7-11(8-10-12)13(2)3;1-8(2)5-7-6-9(3)4;;;;;/h15-22H,23-27H2,1-14H3;6,11-12H,1,7-10H2,2-5H3;8-9H,7H2,1-4H3;5*1H4. The first-order valence-corrected chi connectivity index (χ1v) is 46.9. The van der Waals surface area contributed by atoms with Gasteiger partial charge >= 0.3 is 0 Å². The molecule has 398 valence electrons. The van der Waals surface area contributed by atoms with Crippen molar-refractivity contribution in [1.29, 1.82) is 0 Å². The lowest BCUT2D eigenvalue weighted by Gasteiger charge is -2.41. The maximum atomic E-state index is 7.09. The molecule has 0 bridgehead atoms. The van der Waals surface area contributed by atoms with Gasteiger partial charge in [-0.15, -0.1) is 12.3 Å². The van der Waals surface area contributed by atoms with Crippen molar-refractivity contribution in [3.8, 4) is 0 Å². The van der Waals surface area contributed by atoms with Gasteiger partial charge in [0.1, 0.15) is 0 Å². The lowest BCUT2D eigenvalue weighted by atomic mass is 9.94. The Morgan fingerprint density at radius 2 is 0.955 bits per heavy atom. The zero-order chi connectivity index (χ0) is 47.9. The molecule has 6 nitrogen and oxygen atoms in total. The van der Waals surface area contributed by atoms with E-state index in [1.807, 2.05) is 0 Å². The van der Waals surface area contributed by atoms with Gasteiger partial charge in [0, 0.05) is 59.3 Å². The Balaban J connectivity index is -0.000000378. The van der Waals surface area contributed by atoms with Crippen LogP contribution in [0.15, 0.2) is 60.8 Å². The first-order chi connectivity index (χ1) is 28.2. The minimum atomic E-state index is -1.78. The van der Waals surface area contributed by atoms with Crippen molar-refractivity contribution in [3.05, 3.63) is 60.8 Å². The Morgan fingerprint density at radius 3 is 1.27 bits per heavy atom. The number of hydrogen-bond acceptors (Lipinski definition) is 6. The average molecular weight is 1070 g/mol. The van der Waals surface area contributed by atoms with E-state index in [1.165, 1.54) is 67.3 Å². The van der Waals surface area contributed by atoms with Crippen molar-refractivity contribution in [1.82, 2.24) is 4.90 Å². The summed E-state index contributed by atoms with van der Waals surface area (Å²) in [4.78, 5) is 6.76. The minimum Gasteiger partial charge on any atom is -0.444 e. The third-order valence-electron chi connectivity index (χ3n) is 13.4. The SMILES string of the molecule is C.C.C.C.C.C=C[Si](C)(C)C1CCC(N(C)C)CC1.CN(C)c1ccc([Si](C)(C)CC[Si](C)(C)CC(C)(C)O[Si](C)(C)CC[Si](C)(C)c2ccc(N(C)C)cc2)cc1.C[SiH](C)O[SiH2]O[SiH](C)C. The van der Waals surface area contributed by atoms with Gasteiger partial charge in [-0.25, -0.2) is 0 Å². The van der Waals surface area contributed by atoms with E-state index in [4.69, 9.17) is 12.7 Å². The van der Waals surface area contributed by atoms with Crippen molar-refractivity contribution in [3.63, 3.8) is 0 Å². The van der Waals surface area contributed by atoms with Crippen molar-refractivity contribution < 1.29 is 12.7 Å². The van der Waals surface area contributed by atoms with Crippen LogP contribution < -0.4 is 20.2 Å². The molecule has 2 aromatic carbocycles. The Bertz CT molecular complexity index is 1470. The third kappa shape index (κ3) is 29.5. The van der Waals surface area contributed by atoms with Gasteiger partial charge in [-0.05, 0) is 122 Å². The molecule has 0 atom stereocenters. The lowest BCUT2D eigenvalue weighted by molar-refractivity contribution is 0.118. The third-order valence-corrected chi connectivity index (χ3v) is 37.3. The van der Waals surface area contributed by atoms with E-state index < -0.39 is 68.7 Å². The molecule has 0 unspecified atom stereocenters. The molecular formula is C53H121N3O3Si8. The highest BCUT2D eigenvalue weighted by molar-refractivity contribution is 6.92. The fourth-order valence-electron chi connectivity index (χ4n) is 8.86. The van der Waals surface area contributed by atoms with E-state index in [0.29, 0.717) is 0 Å². The summed E-state index contributed by atoms with van der Waals surface area (Å²) in [7, 11) is 3.53. The van der Waals surface area contributed by atoms with Crippen LogP contribution in [-0.4, -0.2) is 128 Å². The van der Waals surface area contributed by atoms with E-state index in [9.17, 15) is 0 Å². The monoisotopic (exact) mass is 1070 g/mol. The van der Waals surface area contributed by atoms with E-state index >= 15 is 0 Å². The van der Waals surface area contributed by atoms with Crippen molar-refractivity contribution in [2.45, 2.75) is 216 Å². The van der Waals surface area contributed by atoms with E-state index in [-0.39, 0.29) is 42.7 Å². The van der Waals surface area contributed by atoms with E-state index in [1.54, 1.807) is 10.4 Å². The lowest BCUT2D eigenvalue weighted by Crippen LogP contribution is -2.49. The topological polar surface area (TPSA) is 37.4 Å². The predicted octanol–water partition coefficient (Wildman–Crippen LogP) is 14.5. The number of benzene rings is 2. The second-order valence-corrected chi connectivity index (χ2v) is 54.7. The molecule has 0 amide bonds. The van der Waals surface area contributed by atoms with Crippen LogP contribution in [0.4, 0.5) is 11.4 Å². The molecule has 14 heteroatoms. The van der Waals surface area contributed by atoms with Gasteiger partial charge in [-0.3, -0.25) is 0 Å². The van der Waals surface area contributed by atoms with Crippen LogP contribution in [0, 0.1) is 0 Å². The molecule has 1 aliphatic carbocycles. The molecule has 0 radical (unpaired) electrons. The molecule has 1 fully saturated rings. The van der Waals surface area contributed by atoms with Crippen molar-refractivity contribution >= 4 is 90.4 Å². The second kappa shape index (κ2) is 33.2. The largest absolute Gasteiger partial charge is 0.444 e. The summed E-state index contributed by atoms with van der Waals surface area (Å²) in [6, 6.07) is 26.0. The van der Waals surface area contributed by atoms with Crippen LogP contribution >= 0.6 is 0 Å². The maximum Gasteiger partial charge on any atom is 0.283 e. The molecular weight excluding hydrogens is 951 g/mol. The first kappa shape index (κ1) is 75.3. The van der Waals surface area contributed by atoms with E-state index in [2.05, 4.69) is 223 Å². The summed E-state index contributed by atoms with van der Waals surface area (Å²) in [5.41, 5.74) is 5.79. The molecule has 0 aromatic heterocycles. The number of nitrogens with zero attached hydrogens (tertiary/aromatic N) is 3. The van der Waals surface area contributed by atoms with Gasteiger partial charge in [-0.1, -0.05) is 155 Å².